The van der Waals surface area contributed by atoms with E-state index in [1.165, 1.54) is 8.99 Å². The van der Waals surface area contributed by atoms with Gasteiger partial charge in [0.25, 0.3) is 15.9 Å². The lowest BCUT2D eigenvalue weighted by Crippen LogP contribution is -2.50. The maximum atomic E-state index is 13.3. The van der Waals surface area contributed by atoms with Crippen molar-refractivity contribution >= 4 is 15.9 Å². The Balaban J connectivity index is 1.52. The molecule has 3 aromatic rings. The molecule has 0 saturated carbocycles. The van der Waals surface area contributed by atoms with Crippen LogP contribution in [0, 0.1) is 6.92 Å². The highest BCUT2D eigenvalue weighted by Gasteiger charge is 2.34. The predicted octanol–water partition coefficient (Wildman–Crippen LogP) is 1.33. The van der Waals surface area contributed by atoms with Gasteiger partial charge in [0, 0.05) is 74.8 Å². The minimum absolute atomic E-state index is 0.000473. The van der Waals surface area contributed by atoms with Crippen LogP contribution in [0.4, 0.5) is 0 Å². The summed E-state index contributed by atoms with van der Waals surface area (Å²) in [6.07, 6.45) is 6.47. The molecular weight excluding hydrogens is 404 g/mol. The van der Waals surface area contributed by atoms with E-state index >= 15 is 0 Å². The minimum Gasteiger partial charge on any atom is -0.336 e. The number of carbonyl (C=O) groups is 1. The zero-order valence-corrected chi connectivity index (χ0v) is 17.6. The van der Waals surface area contributed by atoms with Gasteiger partial charge in [-0.3, -0.25) is 19.4 Å². The van der Waals surface area contributed by atoms with E-state index in [0.29, 0.717) is 29.8 Å². The maximum Gasteiger partial charge on any atom is 0.263 e. The summed E-state index contributed by atoms with van der Waals surface area (Å²) in [5.74, 6) is -0.145. The smallest absolute Gasteiger partial charge is 0.263 e. The number of carbonyl (C=O) groups excluding carboxylic acids is 1. The zero-order valence-electron chi connectivity index (χ0n) is 16.8. The number of hydrogen-bond donors (Lipinski definition) is 0. The summed E-state index contributed by atoms with van der Waals surface area (Å²) in [5, 5.41) is 4.21. The zero-order chi connectivity index (χ0) is 21.3. The van der Waals surface area contributed by atoms with Gasteiger partial charge in [0.2, 0.25) is 0 Å². The number of sulfonamides is 1. The highest BCUT2D eigenvalue weighted by Crippen LogP contribution is 2.28. The van der Waals surface area contributed by atoms with Crippen LogP contribution in [0.5, 0.6) is 0 Å². The SMILES string of the molecule is Cc1ccc(C(=O)N2CCN(S(=O)(=O)c3nn(C)cc3-c3cccnc3)CC2)cn1. The van der Waals surface area contributed by atoms with E-state index in [-0.39, 0.29) is 24.0 Å². The Labute approximate surface area is 175 Å². The Hall–Kier alpha value is -3.11. The summed E-state index contributed by atoms with van der Waals surface area (Å²) >= 11 is 0. The Kier molecular flexibility index (Phi) is 5.35. The average Bonchev–Trinajstić information content (AvgIpc) is 3.17. The molecule has 1 amide bonds. The number of aryl methyl sites for hydroxylation is 2. The fourth-order valence-electron chi connectivity index (χ4n) is 3.41. The molecule has 9 nitrogen and oxygen atoms in total. The lowest BCUT2D eigenvalue weighted by Gasteiger charge is -2.33. The first-order valence-corrected chi connectivity index (χ1v) is 11.0. The van der Waals surface area contributed by atoms with Gasteiger partial charge >= 0.3 is 0 Å². The quantitative estimate of drug-likeness (QED) is 0.624. The van der Waals surface area contributed by atoms with Crippen LogP contribution in [0.15, 0.2) is 54.1 Å². The van der Waals surface area contributed by atoms with Gasteiger partial charge in [-0.25, -0.2) is 8.42 Å². The molecule has 0 unspecified atom stereocenters. The molecule has 3 aromatic heterocycles. The number of piperazine rings is 1. The summed E-state index contributed by atoms with van der Waals surface area (Å²) in [7, 11) is -2.13. The van der Waals surface area contributed by atoms with Crippen molar-refractivity contribution in [3.05, 3.63) is 60.3 Å². The summed E-state index contributed by atoms with van der Waals surface area (Å²) in [6.45, 7) is 2.88. The number of amides is 1. The number of nitrogens with zero attached hydrogens (tertiary/aromatic N) is 6. The van der Waals surface area contributed by atoms with Crippen molar-refractivity contribution in [2.75, 3.05) is 26.2 Å². The molecule has 0 spiro atoms. The second-order valence-electron chi connectivity index (χ2n) is 7.15. The predicted molar refractivity (Wildman–Crippen MR) is 110 cm³/mol. The van der Waals surface area contributed by atoms with Crippen molar-refractivity contribution < 1.29 is 13.2 Å². The normalized spacial score (nSPS) is 15.3. The molecule has 0 bridgehead atoms. The van der Waals surface area contributed by atoms with Crippen LogP contribution in [0.1, 0.15) is 16.1 Å². The van der Waals surface area contributed by atoms with Crippen LogP contribution < -0.4 is 0 Å². The molecule has 156 valence electrons. The van der Waals surface area contributed by atoms with Crippen molar-refractivity contribution in [3.8, 4) is 11.1 Å². The molecule has 1 saturated heterocycles. The summed E-state index contributed by atoms with van der Waals surface area (Å²) < 4.78 is 29.5. The first-order chi connectivity index (χ1) is 14.4. The molecule has 4 rings (SSSR count). The maximum absolute atomic E-state index is 13.3. The van der Waals surface area contributed by atoms with Crippen LogP contribution in [-0.2, 0) is 17.1 Å². The van der Waals surface area contributed by atoms with Gasteiger partial charge in [-0.05, 0) is 25.1 Å². The lowest BCUT2D eigenvalue weighted by molar-refractivity contribution is 0.0697. The third-order valence-electron chi connectivity index (χ3n) is 5.04. The van der Waals surface area contributed by atoms with E-state index in [1.807, 2.05) is 6.92 Å². The molecule has 1 aliphatic heterocycles. The van der Waals surface area contributed by atoms with E-state index in [9.17, 15) is 13.2 Å². The van der Waals surface area contributed by atoms with Gasteiger partial charge < -0.3 is 4.90 Å². The number of rotatable bonds is 4. The first kappa shape index (κ1) is 20.2. The second kappa shape index (κ2) is 7.96. The highest BCUT2D eigenvalue weighted by atomic mass is 32.2. The van der Waals surface area contributed by atoms with Crippen LogP contribution in [0.2, 0.25) is 0 Å². The summed E-state index contributed by atoms with van der Waals surface area (Å²) in [6, 6.07) is 7.08. The Morgan fingerprint density at radius 2 is 1.83 bits per heavy atom. The van der Waals surface area contributed by atoms with Gasteiger partial charge in [0.1, 0.15) is 0 Å². The van der Waals surface area contributed by atoms with Gasteiger partial charge in [-0.2, -0.15) is 9.40 Å². The molecule has 0 atom stereocenters. The molecule has 1 aliphatic rings. The van der Waals surface area contributed by atoms with Crippen molar-refractivity contribution in [2.45, 2.75) is 11.9 Å². The Morgan fingerprint density at radius 3 is 2.47 bits per heavy atom. The van der Waals surface area contributed by atoms with Gasteiger partial charge in [0.15, 0.2) is 5.03 Å². The first-order valence-electron chi connectivity index (χ1n) is 9.52. The molecule has 0 aromatic carbocycles. The van der Waals surface area contributed by atoms with Crippen molar-refractivity contribution in [1.29, 1.82) is 0 Å². The molecular formula is C20H22N6O3S. The molecule has 1 fully saturated rings. The second-order valence-corrected chi connectivity index (χ2v) is 9.00. The van der Waals surface area contributed by atoms with Crippen molar-refractivity contribution in [2.24, 2.45) is 7.05 Å². The molecule has 30 heavy (non-hydrogen) atoms. The van der Waals surface area contributed by atoms with Crippen LogP contribution in [0.3, 0.4) is 0 Å². The van der Waals surface area contributed by atoms with Gasteiger partial charge in [-0.15, -0.1) is 0 Å². The number of pyridine rings is 2. The molecule has 0 aliphatic carbocycles. The van der Waals surface area contributed by atoms with E-state index in [0.717, 1.165) is 5.69 Å². The van der Waals surface area contributed by atoms with Crippen molar-refractivity contribution in [3.63, 3.8) is 0 Å². The minimum atomic E-state index is -3.82. The number of hydrogen-bond acceptors (Lipinski definition) is 6. The van der Waals surface area contributed by atoms with E-state index in [1.54, 1.807) is 61.0 Å². The largest absolute Gasteiger partial charge is 0.336 e. The highest BCUT2D eigenvalue weighted by molar-refractivity contribution is 7.89. The van der Waals surface area contributed by atoms with Gasteiger partial charge in [-0.1, -0.05) is 6.07 Å². The monoisotopic (exact) mass is 426 g/mol. The lowest BCUT2D eigenvalue weighted by atomic mass is 10.2. The topological polar surface area (TPSA) is 101 Å². The third-order valence-corrected chi connectivity index (χ3v) is 6.87. The fourth-order valence-corrected chi connectivity index (χ4v) is 4.98. The molecule has 0 N–H and O–H groups in total. The van der Waals surface area contributed by atoms with E-state index in [4.69, 9.17) is 0 Å². The van der Waals surface area contributed by atoms with Crippen LogP contribution >= 0.6 is 0 Å². The Morgan fingerprint density at radius 1 is 1.07 bits per heavy atom. The average molecular weight is 427 g/mol. The summed E-state index contributed by atoms with van der Waals surface area (Å²) in [5.41, 5.74) is 2.53. The van der Waals surface area contributed by atoms with E-state index < -0.39 is 10.0 Å². The molecule has 10 heteroatoms. The van der Waals surface area contributed by atoms with Crippen molar-refractivity contribution in [1.82, 2.24) is 29.0 Å². The van der Waals surface area contributed by atoms with E-state index in [2.05, 4.69) is 15.1 Å². The van der Waals surface area contributed by atoms with Crippen LogP contribution in [-0.4, -0.2) is 69.5 Å². The number of aromatic nitrogens is 4. The summed E-state index contributed by atoms with van der Waals surface area (Å²) in [4.78, 5) is 22.6. The third kappa shape index (κ3) is 3.83. The van der Waals surface area contributed by atoms with Gasteiger partial charge in [0.05, 0.1) is 5.56 Å². The fraction of sp³-hybridized carbons (Fsp3) is 0.300. The Bertz CT molecular complexity index is 1150. The molecule has 0 radical (unpaired) electrons. The van der Waals surface area contributed by atoms with Crippen LogP contribution in [0.25, 0.3) is 11.1 Å². The molecule has 4 heterocycles. The standard InChI is InChI=1S/C20H22N6O3S/c1-15-5-6-17(13-22-15)20(27)25-8-10-26(11-9-25)30(28,29)19-18(14-24(2)23-19)16-4-3-7-21-12-16/h3-7,12-14H,8-11H2,1-2H3.